The van der Waals surface area contributed by atoms with Crippen molar-refractivity contribution in [3.05, 3.63) is 97.7 Å². The van der Waals surface area contributed by atoms with E-state index in [9.17, 15) is 18.8 Å². The first-order valence-electron chi connectivity index (χ1n) is 9.76. The molecule has 1 N–H and O–H groups in total. The van der Waals surface area contributed by atoms with Crippen LogP contribution >= 0.6 is 39.1 Å². The second kappa shape index (κ2) is 9.97. The summed E-state index contributed by atoms with van der Waals surface area (Å²) in [6, 6.07) is 14.3. The van der Waals surface area contributed by atoms with E-state index >= 15 is 0 Å². The van der Waals surface area contributed by atoms with Gasteiger partial charge >= 0.3 is 6.03 Å². The van der Waals surface area contributed by atoms with E-state index in [2.05, 4.69) is 21.2 Å². The molecule has 0 radical (unpaired) electrons. The monoisotopic (exact) mass is 562 g/mol. The van der Waals surface area contributed by atoms with Gasteiger partial charge in [0, 0.05) is 15.1 Å². The number of hydrogen-bond acceptors (Lipinski definition) is 4. The van der Waals surface area contributed by atoms with E-state index in [-0.39, 0.29) is 39.2 Å². The Morgan fingerprint density at radius 2 is 1.76 bits per heavy atom. The van der Waals surface area contributed by atoms with Gasteiger partial charge in [-0.05, 0) is 60.2 Å². The molecule has 3 aromatic rings. The first-order valence-corrected chi connectivity index (χ1v) is 11.3. The molecular weight excluding hydrogens is 550 g/mol. The lowest BCUT2D eigenvalue weighted by atomic mass is 10.1. The number of rotatable bonds is 5. The summed E-state index contributed by atoms with van der Waals surface area (Å²) in [5.41, 5.74) is 0.730. The summed E-state index contributed by atoms with van der Waals surface area (Å²) in [5, 5.41) is 2.52. The second-order valence-electron chi connectivity index (χ2n) is 7.16. The zero-order chi connectivity index (χ0) is 24.4. The Hall–Kier alpha value is -3.20. The molecule has 6 nitrogen and oxygen atoms in total. The lowest BCUT2D eigenvalue weighted by molar-refractivity contribution is -0.122. The Morgan fingerprint density at radius 1 is 1.03 bits per heavy atom. The lowest BCUT2D eigenvalue weighted by Crippen LogP contribution is -2.54. The molecule has 0 unspecified atom stereocenters. The summed E-state index contributed by atoms with van der Waals surface area (Å²) < 4.78 is 20.0. The van der Waals surface area contributed by atoms with E-state index in [1.54, 1.807) is 36.4 Å². The predicted octanol–water partition coefficient (Wildman–Crippen LogP) is 6.14. The first-order chi connectivity index (χ1) is 16.2. The normalized spacial score (nSPS) is 15.0. The predicted molar refractivity (Wildman–Crippen MR) is 130 cm³/mol. The molecule has 3 aromatic carbocycles. The maximum absolute atomic E-state index is 13.5. The van der Waals surface area contributed by atoms with Crippen molar-refractivity contribution in [2.24, 2.45) is 0 Å². The molecule has 0 aromatic heterocycles. The third-order valence-electron chi connectivity index (χ3n) is 4.80. The number of urea groups is 1. The molecular formula is C24H14BrCl2FN2O4. The van der Waals surface area contributed by atoms with Crippen molar-refractivity contribution in [2.45, 2.75) is 6.61 Å². The number of anilines is 1. The maximum atomic E-state index is 13.5. The van der Waals surface area contributed by atoms with Gasteiger partial charge in [-0.15, -0.1) is 0 Å². The van der Waals surface area contributed by atoms with E-state index in [1.807, 2.05) is 0 Å². The van der Waals surface area contributed by atoms with Crippen LogP contribution < -0.4 is 15.0 Å². The minimum atomic E-state index is -0.879. The molecule has 4 amide bonds. The summed E-state index contributed by atoms with van der Waals surface area (Å²) in [5.74, 6) is -2.00. The first kappa shape index (κ1) is 23.9. The third kappa shape index (κ3) is 5.14. The molecule has 10 heteroatoms. The van der Waals surface area contributed by atoms with Crippen LogP contribution in [-0.4, -0.2) is 17.8 Å². The SMILES string of the molecule is O=C1NC(=O)N(c2ccc(Br)cc2)C(=O)/C1=C/c1cc(Cl)cc(Cl)c1OCc1cccc(F)c1. The van der Waals surface area contributed by atoms with Crippen LogP contribution in [0.15, 0.2) is 70.7 Å². The summed E-state index contributed by atoms with van der Waals surface area (Å²) >= 11 is 15.8. The van der Waals surface area contributed by atoms with E-state index in [0.717, 1.165) is 9.37 Å². The molecule has 1 aliphatic heterocycles. The standard InChI is InChI=1S/C24H14BrCl2FN2O4/c25-15-4-6-18(7-5-15)30-23(32)19(22(31)29-24(30)33)10-14-9-16(26)11-20(27)21(14)34-12-13-2-1-3-17(28)8-13/h1-11H,12H2,(H,29,31,33)/b19-10+. The van der Waals surface area contributed by atoms with Crippen LogP contribution in [0.4, 0.5) is 14.9 Å². The summed E-state index contributed by atoms with van der Waals surface area (Å²) in [7, 11) is 0. The van der Waals surface area contributed by atoms with Gasteiger partial charge in [0.25, 0.3) is 11.8 Å². The van der Waals surface area contributed by atoms with E-state index in [0.29, 0.717) is 5.56 Å². The number of nitrogens with one attached hydrogen (secondary N) is 1. The van der Waals surface area contributed by atoms with Crippen LogP contribution in [0.1, 0.15) is 11.1 Å². The number of benzene rings is 3. The number of hydrogen-bond donors (Lipinski definition) is 1. The topological polar surface area (TPSA) is 75.7 Å². The summed E-state index contributed by atoms with van der Waals surface area (Å²) in [6.45, 7) is -0.0288. The molecule has 0 bridgehead atoms. The van der Waals surface area contributed by atoms with E-state index in [4.69, 9.17) is 27.9 Å². The van der Waals surface area contributed by atoms with Crippen LogP contribution in [0.25, 0.3) is 6.08 Å². The van der Waals surface area contributed by atoms with Crippen LogP contribution in [0.2, 0.25) is 10.0 Å². The molecule has 0 saturated carbocycles. The van der Waals surface area contributed by atoms with Crippen molar-refractivity contribution in [3.8, 4) is 5.75 Å². The van der Waals surface area contributed by atoms with Crippen molar-refractivity contribution in [1.82, 2.24) is 5.32 Å². The van der Waals surface area contributed by atoms with Gasteiger partial charge < -0.3 is 4.74 Å². The number of ether oxygens (including phenoxy) is 1. The van der Waals surface area contributed by atoms with Gasteiger partial charge in [-0.3, -0.25) is 14.9 Å². The van der Waals surface area contributed by atoms with Crippen LogP contribution in [0, 0.1) is 5.82 Å². The highest BCUT2D eigenvalue weighted by molar-refractivity contribution is 9.10. The molecule has 1 saturated heterocycles. The third-order valence-corrected chi connectivity index (χ3v) is 5.82. The van der Waals surface area contributed by atoms with Gasteiger partial charge in [-0.25, -0.2) is 14.1 Å². The van der Waals surface area contributed by atoms with Crippen molar-refractivity contribution in [1.29, 1.82) is 0 Å². The number of imide groups is 2. The Kier molecular flexibility index (Phi) is 7.02. The number of halogens is 4. The number of carbonyl (C=O) groups excluding carboxylic acids is 3. The number of barbiturate groups is 1. The van der Waals surface area contributed by atoms with Crippen LogP contribution in [0.3, 0.4) is 0 Å². The quantitative estimate of drug-likeness (QED) is 0.299. The van der Waals surface area contributed by atoms with E-state index < -0.39 is 23.7 Å². The van der Waals surface area contributed by atoms with Crippen molar-refractivity contribution in [3.63, 3.8) is 0 Å². The molecule has 172 valence electrons. The van der Waals surface area contributed by atoms with Gasteiger partial charge in [0.2, 0.25) is 0 Å². The van der Waals surface area contributed by atoms with Crippen LogP contribution in [0.5, 0.6) is 5.75 Å². The largest absolute Gasteiger partial charge is 0.487 e. The van der Waals surface area contributed by atoms with Gasteiger partial charge in [0.1, 0.15) is 23.7 Å². The molecule has 34 heavy (non-hydrogen) atoms. The minimum absolute atomic E-state index is 0.0288. The summed E-state index contributed by atoms with van der Waals surface area (Å²) in [6.07, 6.45) is 1.24. The fourth-order valence-corrected chi connectivity index (χ4v) is 4.09. The Bertz CT molecular complexity index is 1350. The number of amides is 4. The molecule has 1 aliphatic rings. The number of carbonyl (C=O) groups is 3. The van der Waals surface area contributed by atoms with Crippen molar-refractivity contribution < 1.29 is 23.5 Å². The highest BCUT2D eigenvalue weighted by Crippen LogP contribution is 2.35. The number of nitrogens with zero attached hydrogens (tertiary/aromatic N) is 1. The highest BCUT2D eigenvalue weighted by atomic mass is 79.9. The van der Waals surface area contributed by atoms with E-state index in [1.165, 1.54) is 30.3 Å². The van der Waals surface area contributed by atoms with Gasteiger partial charge in [-0.1, -0.05) is 51.3 Å². The zero-order valence-corrected chi connectivity index (χ0v) is 20.2. The van der Waals surface area contributed by atoms with Crippen LogP contribution in [-0.2, 0) is 16.2 Å². The lowest BCUT2D eigenvalue weighted by Gasteiger charge is -2.26. The average Bonchev–Trinajstić information content (AvgIpc) is 2.77. The molecule has 0 atom stereocenters. The fraction of sp³-hybridized carbons (Fsp3) is 0.0417. The molecule has 0 aliphatic carbocycles. The molecule has 1 fully saturated rings. The Labute approximate surface area is 212 Å². The fourth-order valence-electron chi connectivity index (χ4n) is 3.26. The minimum Gasteiger partial charge on any atom is -0.487 e. The molecule has 4 rings (SSSR count). The average molecular weight is 564 g/mol. The second-order valence-corrected chi connectivity index (χ2v) is 8.92. The highest BCUT2D eigenvalue weighted by Gasteiger charge is 2.37. The Balaban J connectivity index is 1.71. The Morgan fingerprint density at radius 3 is 2.47 bits per heavy atom. The zero-order valence-electron chi connectivity index (χ0n) is 17.2. The van der Waals surface area contributed by atoms with Gasteiger partial charge in [0.15, 0.2) is 0 Å². The van der Waals surface area contributed by atoms with Gasteiger partial charge in [0.05, 0.1) is 10.7 Å². The maximum Gasteiger partial charge on any atom is 0.335 e. The van der Waals surface area contributed by atoms with Gasteiger partial charge in [-0.2, -0.15) is 0 Å². The molecule has 1 heterocycles. The van der Waals surface area contributed by atoms with Crippen molar-refractivity contribution >= 4 is 68.7 Å². The van der Waals surface area contributed by atoms with Crippen molar-refractivity contribution in [2.75, 3.05) is 4.90 Å². The smallest absolute Gasteiger partial charge is 0.335 e. The molecule has 0 spiro atoms. The summed E-state index contributed by atoms with van der Waals surface area (Å²) in [4.78, 5) is 38.9.